The Hall–Kier alpha value is -4.19. The van der Waals surface area contributed by atoms with Crippen LogP contribution in [0.2, 0.25) is 0 Å². The predicted octanol–water partition coefficient (Wildman–Crippen LogP) is 23.2. The summed E-state index contributed by atoms with van der Waals surface area (Å²) >= 11 is 0. The number of carbonyl (C=O) groups excluding carboxylic acids is 3. The van der Waals surface area contributed by atoms with Gasteiger partial charge in [-0.25, -0.2) is 0 Å². The molecule has 0 aromatic heterocycles. The molecule has 456 valence electrons. The molecule has 0 spiro atoms. The minimum Gasteiger partial charge on any atom is -0.462 e. The third-order valence-electron chi connectivity index (χ3n) is 14.2. The van der Waals surface area contributed by atoms with Crippen LogP contribution in [-0.2, 0) is 28.6 Å². The Morgan fingerprint density at radius 2 is 0.500 bits per heavy atom. The van der Waals surface area contributed by atoms with Crippen LogP contribution in [0.15, 0.2) is 122 Å². The average molecular weight is 1110 g/mol. The second kappa shape index (κ2) is 67.3. The molecule has 0 bridgehead atoms. The number of rotatable bonds is 60. The van der Waals surface area contributed by atoms with E-state index in [1.54, 1.807) is 0 Å². The van der Waals surface area contributed by atoms with Crippen molar-refractivity contribution in [3.05, 3.63) is 122 Å². The van der Waals surface area contributed by atoms with Crippen molar-refractivity contribution in [2.45, 2.75) is 316 Å². The fraction of sp³-hybridized carbons (Fsp3) is 0.689. The Morgan fingerprint density at radius 3 is 0.825 bits per heavy atom. The molecule has 0 aliphatic carbocycles. The topological polar surface area (TPSA) is 78.9 Å². The molecule has 0 radical (unpaired) electrons. The van der Waals surface area contributed by atoms with Gasteiger partial charge >= 0.3 is 17.9 Å². The fourth-order valence-corrected chi connectivity index (χ4v) is 9.18. The highest BCUT2D eigenvalue weighted by Crippen LogP contribution is 2.17. The lowest BCUT2D eigenvalue weighted by atomic mass is 10.0. The molecular weight excluding hydrogens is 985 g/mol. The minimum absolute atomic E-state index is 0.0993. The molecule has 1 atom stereocenters. The smallest absolute Gasteiger partial charge is 0.306 e. The van der Waals surface area contributed by atoms with Gasteiger partial charge in [-0.15, -0.1) is 0 Å². The zero-order valence-corrected chi connectivity index (χ0v) is 52.3. The molecule has 6 heteroatoms. The lowest BCUT2D eigenvalue weighted by Crippen LogP contribution is -2.30. The van der Waals surface area contributed by atoms with Crippen molar-refractivity contribution >= 4 is 17.9 Å². The van der Waals surface area contributed by atoms with Crippen molar-refractivity contribution in [1.29, 1.82) is 0 Å². The molecule has 1 unspecified atom stereocenters. The summed E-state index contributed by atoms with van der Waals surface area (Å²) in [6.45, 7) is 6.47. The lowest BCUT2D eigenvalue weighted by molar-refractivity contribution is -0.167. The van der Waals surface area contributed by atoms with Crippen LogP contribution in [0, 0.1) is 0 Å². The highest BCUT2D eigenvalue weighted by Gasteiger charge is 2.19. The molecule has 0 fully saturated rings. The molecule has 0 saturated heterocycles. The van der Waals surface area contributed by atoms with Gasteiger partial charge in [0, 0.05) is 19.3 Å². The van der Waals surface area contributed by atoms with Gasteiger partial charge in [0.05, 0.1) is 0 Å². The van der Waals surface area contributed by atoms with Crippen LogP contribution in [0.5, 0.6) is 0 Å². The third-order valence-corrected chi connectivity index (χ3v) is 14.2. The van der Waals surface area contributed by atoms with E-state index in [1.165, 1.54) is 135 Å². The number of ether oxygens (including phenoxy) is 3. The van der Waals surface area contributed by atoms with E-state index < -0.39 is 6.10 Å². The van der Waals surface area contributed by atoms with Crippen molar-refractivity contribution in [1.82, 2.24) is 0 Å². The Labute approximate surface area is 494 Å². The number of unbranched alkanes of at least 4 members (excludes halogenated alkanes) is 29. The zero-order chi connectivity index (χ0) is 57.8. The Balaban J connectivity index is 4.43. The summed E-state index contributed by atoms with van der Waals surface area (Å²) in [5.41, 5.74) is 0. The first-order valence-corrected chi connectivity index (χ1v) is 33.5. The maximum Gasteiger partial charge on any atom is 0.306 e. The Morgan fingerprint density at radius 1 is 0.263 bits per heavy atom. The van der Waals surface area contributed by atoms with Crippen molar-refractivity contribution < 1.29 is 28.6 Å². The normalized spacial score (nSPS) is 12.9. The summed E-state index contributed by atoms with van der Waals surface area (Å²) in [6.07, 6.45) is 93.6. The van der Waals surface area contributed by atoms with Crippen molar-refractivity contribution in [2.75, 3.05) is 13.2 Å². The molecule has 0 saturated carbocycles. The van der Waals surface area contributed by atoms with E-state index in [0.29, 0.717) is 25.7 Å². The number of hydrogen-bond donors (Lipinski definition) is 0. The van der Waals surface area contributed by atoms with Gasteiger partial charge in [-0.05, 0) is 109 Å². The van der Waals surface area contributed by atoms with Gasteiger partial charge in [0.2, 0.25) is 0 Å². The molecule has 0 heterocycles. The summed E-state index contributed by atoms with van der Waals surface area (Å²) in [5.74, 6) is -0.948. The number of esters is 3. The number of carbonyl (C=O) groups is 3. The molecular formula is C74H124O6. The summed E-state index contributed by atoms with van der Waals surface area (Å²) in [5, 5.41) is 0. The molecule has 0 N–H and O–H groups in total. The first-order chi connectivity index (χ1) is 39.5. The van der Waals surface area contributed by atoms with E-state index in [2.05, 4.69) is 142 Å². The first kappa shape index (κ1) is 75.8. The first-order valence-electron chi connectivity index (χ1n) is 33.5. The van der Waals surface area contributed by atoms with Gasteiger partial charge in [0.15, 0.2) is 6.10 Å². The van der Waals surface area contributed by atoms with Crippen LogP contribution in [0.3, 0.4) is 0 Å². The van der Waals surface area contributed by atoms with E-state index in [1.807, 2.05) is 0 Å². The van der Waals surface area contributed by atoms with Crippen LogP contribution in [-0.4, -0.2) is 37.2 Å². The van der Waals surface area contributed by atoms with Crippen LogP contribution >= 0.6 is 0 Å². The predicted molar refractivity (Wildman–Crippen MR) is 348 cm³/mol. The number of allylic oxidation sites excluding steroid dienone is 20. The minimum atomic E-state index is -0.805. The quantitative estimate of drug-likeness (QED) is 0.0261. The van der Waals surface area contributed by atoms with Crippen molar-refractivity contribution in [3.8, 4) is 0 Å². The highest BCUT2D eigenvalue weighted by molar-refractivity contribution is 5.71. The van der Waals surface area contributed by atoms with E-state index in [9.17, 15) is 14.4 Å². The van der Waals surface area contributed by atoms with Crippen LogP contribution in [0.25, 0.3) is 0 Å². The molecule has 0 aliphatic rings. The SMILES string of the molecule is CC/C=C\C/C=C\C/C=C\C/C=C\C/C=C\C/C=C\C/C=C\C/C=C\CCCCC(=O)OCC(COC(=O)CCCCCCC/C=C\C/C=C\CCCC)OC(=O)CCCCCCCCCCCCCCCCCCCCCCC. The largest absolute Gasteiger partial charge is 0.462 e. The summed E-state index contributed by atoms with van der Waals surface area (Å²) in [7, 11) is 0. The summed E-state index contributed by atoms with van der Waals surface area (Å²) in [4.78, 5) is 38.4. The molecule has 0 aromatic carbocycles. The monoisotopic (exact) mass is 1110 g/mol. The van der Waals surface area contributed by atoms with E-state index >= 15 is 0 Å². The lowest BCUT2D eigenvalue weighted by Gasteiger charge is -2.18. The van der Waals surface area contributed by atoms with Gasteiger partial charge < -0.3 is 14.2 Å². The van der Waals surface area contributed by atoms with Crippen LogP contribution < -0.4 is 0 Å². The van der Waals surface area contributed by atoms with Gasteiger partial charge in [0.1, 0.15) is 13.2 Å². The molecule has 0 aliphatic heterocycles. The molecule has 80 heavy (non-hydrogen) atoms. The zero-order valence-electron chi connectivity index (χ0n) is 52.3. The number of hydrogen-bond acceptors (Lipinski definition) is 6. The average Bonchev–Trinajstić information content (AvgIpc) is 3.46. The molecule has 0 rings (SSSR count). The molecule has 6 nitrogen and oxygen atoms in total. The molecule has 0 aromatic rings. The summed E-state index contributed by atoms with van der Waals surface area (Å²) in [6, 6.07) is 0. The van der Waals surface area contributed by atoms with E-state index in [0.717, 1.165) is 128 Å². The fourth-order valence-electron chi connectivity index (χ4n) is 9.18. The van der Waals surface area contributed by atoms with Crippen molar-refractivity contribution in [2.24, 2.45) is 0 Å². The second-order valence-corrected chi connectivity index (χ2v) is 22.0. The Kier molecular flexibility index (Phi) is 63.8. The van der Waals surface area contributed by atoms with Gasteiger partial charge in [-0.3, -0.25) is 14.4 Å². The van der Waals surface area contributed by atoms with Gasteiger partial charge in [0.25, 0.3) is 0 Å². The third kappa shape index (κ3) is 64.6. The highest BCUT2D eigenvalue weighted by atomic mass is 16.6. The van der Waals surface area contributed by atoms with Gasteiger partial charge in [-0.1, -0.05) is 303 Å². The molecule has 0 amide bonds. The van der Waals surface area contributed by atoms with Crippen molar-refractivity contribution in [3.63, 3.8) is 0 Å². The van der Waals surface area contributed by atoms with E-state index in [-0.39, 0.29) is 31.1 Å². The second-order valence-electron chi connectivity index (χ2n) is 22.0. The Bertz CT molecular complexity index is 1650. The van der Waals surface area contributed by atoms with E-state index in [4.69, 9.17) is 14.2 Å². The summed E-state index contributed by atoms with van der Waals surface area (Å²) < 4.78 is 16.9. The maximum absolute atomic E-state index is 12.9. The standard InChI is InChI=1S/C74H124O6/c1-4-7-10-13-16-19-22-25-28-30-32-34-35-36-37-38-39-41-42-44-46-49-52-55-58-61-64-67-73(76)79-70-71(69-78-72(75)66-63-60-57-54-51-48-27-24-21-18-15-12-9-6-3)80-74(77)68-65-62-59-56-53-50-47-45-43-40-33-31-29-26-23-20-17-14-11-8-5-2/h7,10,15-16,18-19,24-25,27-28,32,34,36-37,39,41,44,46,52,55,71H,4-6,8-9,11-14,17,20-23,26,29-31,33,35,38,40,42-43,45,47-51,53-54,56-70H2,1-3H3/b10-7-,18-15-,19-16-,27-24-,28-25-,34-32-,37-36-,41-39-,46-44-,55-52-. The van der Waals surface area contributed by atoms with Crippen LogP contribution in [0.4, 0.5) is 0 Å². The van der Waals surface area contributed by atoms with Gasteiger partial charge in [-0.2, -0.15) is 0 Å². The maximum atomic E-state index is 12.9. The van der Waals surface area contributed by atoms with Crippen LogP contribution in [0.1, 0.15) is 310 Å².